The molecule has 1 heterocycles. The number of amides is 1. The molecule has 1 saturated heterocycles. The number of nitrogens with one attached hydrogen (secondary N) is 1. The molecule has 3 nitrogen and oxygen atoms in total. The van der Waals surface area contributed by atoms with Crippen molar-refractivity contribution in [3.63, 3.8) is 0 Å². The number of rotatable bonds is 2. The summed E-state index contributed by atoms with van der Waals surface area (Å²) >= 11 is 0. The summed E-state index contributed by atoms with van der Waals surface area (Å²) in [6.45, 7) is 4.71. The zero-order valence-electron chi connectivity index (χ0n) is 14.0. The third-order valence-corrected chi connectivity index (χ3v) is 6.36. The summed E-state index contributed by atoms with van der Waals surface area (Å²) in [5, 5.41) is 3.64. The molecular weight excluding hydrogens is 260 g/mol. The molecule has 3 fully saturated rings. The molecule has 0 aromatic carbocycles. The number of fused-ring (bicyclic) bond motifs is 1. The van der Waals surface area contributed by atoms with Crippen molar-refractivity contribution in [3.8, 4) is 0 Å². The second-order valence-corrected chi connectivity index (χ2v) is 8.45. The molecule has 3 rings (SSSR count). The normalized spacial score (nSPS) is 36.2. The molecule has 120 valence electrons. The molecule has 0 radical (unpaired) electrons. The molecule has 0 spiro atoms. The van der Waals surface area contributed by atoms with E-state index in [4.69, 9.17) is 0 Å². The van der Waals surface area contributed by atoms with E-state index in [9.17, 15) is 4.79 Å². The van der Waals surface area contributed by atoms with Crippen molar-refractivity contribution >= 4 is 5.91 Å². The van der Waals surface area contributed by atoms with Gasteiger partial charge < -0.3 is 10.2 Å². The number of hydrogen-bond donors (Lipinski definition) is 1. The van der Waals surface area contributed by atoms with E-state index in [1.54, 1.807) is 0 Å². The first-order valence-corrected chi connectivity index (χ1v) is 8.99. The van der Waals surface area contributed by atoms with Crippen LogP contribution in [0, 0.1) is 11.3 Å². The molecular formula is C18H32N2O. The Balaban J connectivity index is 1.55. The Bertz CT molecular complexity index is 369. The van der Waals surface area contributed by atoms with E-state index in [1.165, 1.54) is 51.4 Å². The van der Waals surface area contributed by atoms with E-state index in [1.807, 2.05) is 7.05 Å². The fourth-order valence-electron chi connectivity index (χ4n) is 4.71. The smallest absolute Gasteiger partial charge is 0.239 e. The van der Waals surface area contributed by atoms with Gasteiger partial charge in [0.25, 0.3) is 0 Å². The van der Waals surface area contributed by atoms with Gasteiger partial charge in [0.15, 0.2) is 0 Å². The second-order valence-electron chi connectivity index (χ2n) is 8.45. The zero-order chi connectivity index (χ0) is 15.0. The fourth-order valence-corrected chi connectivity index (χ4v) is 4.71. The summed E-state index contributed by atoms with van der Waals surface area (Å²) in [6.07, 6.45) is 11.2. The minimum absolute atomic E-state index is 0.0954. The van der Waals surface area contributed by atoms with Gasteiger partial charge in [-0.1, -0.05) is 26.7 Å². The molecule has 0 bridgehead atoms. The van der Waals surface area contributed by atoms with Crippen molar-refractivity contribution < 1.29 is 4.79 Å². The molecule has 3 atom stereocenters. The monoisotopic (exact) mass is 292 g/mol. The molecule has 1 N–H and O–H groups in total. The van der Waals surface area contributed by atoms with E-state index in [0.717, 1.165) is 12.3 Å². The summed E-state index contributed by atoms with van der Waals surface area (Å²) in [5.41, 5.74) is 0.473. The highest BCUT2D eigenvalue weighted by molar-refractivity contribution is 5.82. The van der Waals surface area contributed by atoms with Crippen molar-refractivity contribution in [1.82, 2.24) is 10.2 Å². The average molecular weight is 292 g/mol. The Kier molecular flexibility index (Phi) is 4.31. The van der Waals surface area contributed by atoms with Crippen LogP contribution in [0.4, 0.5) is 0 Å². The number of hydrogen-bond acceptors (Lipinski definition) is 2. The lowest BCUT2D eigenvalue weighted by Crippen LogP contribution is -2.49. The summed E-state index contributed by atoms with van der Waals surface area (Å²) in [5.74, 6) is 1.11. The van der Waals surface area contributed by atoms with Gasteiger partial charge in [-0.25, -0.2) is 0 Å². The first-order chi connectivity index (χ1) is 9.96. The van der Waals surface area contributed by atoms with Gasteiger partial charge in [-0.2, -0.15) is 0 Å². The molecule has 3 aliphatic rings. The molecule has 1 amide bonds. The Morgan fingerprint density at radius 2 is 1.76 bits per heavy atom. The van der Waals surface area contributed by atoms with Crippen molar-refractivity contribution in [2.75, 3.05) is 7.05 Å². The van der Waals surface area contributed by atoms with Crippen LogP contribution in [-0.4, -0.2) is 36.0 Å². The topological polar surface area (TPSA) is 32.3 Å². The lowest BCUT2D eigenvalue weighted by molar-refractivity contribution is -0.135. The quantitative estimate of drug-likeness (QED) is 0.846. The van der Waals surface area contributed by atoms with Gasteiger partial charge in [-0.15, -0.1) is 0 Å². The van der Waals surface area contributed by atoms with Crippen molar-refractivity contribution in [2.45, 2.75) is 89.8 Å². The van der Waals surface area contributed by atoms with Crippen LogP contribution >= 0.6 is 0 Å². The van der Waals surface area contributed by atoms with E-state index < -0.39 is 0 Å². The highest BCUT2D eigenvalue weighted by Crippen LogP contribution is 2.38. The number of carbonyl (C=O) groups is 1. The molecule has 2 saturated carbocycles. The SMILES string of the molecule is CN(C(=O)C1CC2CCCCC2N1)C1CCC(C)(C)CC1. The largest absolute Gasteiger partial charge is 0.341 e. The zero-order valence-corrected chi connectivity index (χ0v) is 14.0. The molecule has 1 aliphatic heterocycles. The third kappa shape index (κ3) is 3.28. The number of carbonyl (C=O) groups excluding carboxylic acids is 1. The number of nitrogens with zero attached hydrogens (tertiary/aromatic N) is 1. The summed E-state index contributed by atoms with van der Waals surface area (Å²) < 4.78 is 0. The van der Waals surface area contributed by atoms with Crippen LogP contribution in [0.15, 0.2) is 0 Å². The first kappa shape index (κ1) is 15.3. The van der Waals surface area contributed by atoms with Crippen LogP contribution in [0.5, 0.6) is 0 Å². The Hall–Kier alpha value is -0.570. The Morgan fingerprint density at radius 1 is 1.10 bits per heavy atom. The predicted molar refractivity (Wildman–Crippen MR) is 86.1 cm³/mol. The molecule has 21 heavy (non-hydrogen) atoms. The maximum Gasteiger partial charge on any atom is 0.239 e. The molecule has 3 heteroatoms. The van der Waals surface area contributed by atoms with Crippen LogP contribution in [0.3, 0.4) is 0 Å². The standard InChI is InChI=1S/C18H32N2O/c1-18(2)10-8-14(9-11-18)20(3)17(21)16-12-13-6-4-5-7-15(13)19-16/h13-16,19H,4-12H2,1-3H3. The Morgan fingerprint density at radius 3 is 2.43 bits per heavy atom. The van der Waals surface area contributed by atoms with Gasteiger partial charge in [0, 0.05) is 19.1 Å². The fraction of sp³-hybridized carbons (Fsp3) is 0.944. The van der Waals surface area contributed by atoms with E-state index in [2.05, 4.69) is 24.1 Å². The average Bonchev–Trinajstić information content (AvgIpc) is 2.89. The number of likely N-dealkylation sites (N-methyl/N-ethyl adjacent to an activating group) is 1. The van der Waals surface area contributed by atoms with Crippen molar-refractivity contribution in [2.24, 2.45) is 11.3 Å². The van der Waals surface area contributed by atoms with Crippen LogP contribution in [0.1, 0.15) is 71.6 Å². The Labute approximate surface area is 129 Å². The van der Waals surface area contributed by atoms with Crippen LogP contribution in [0.25, 0.3) is 0 Å². The van der Waals surface area contributed by atoms with Gasteiger partial charge in [0.05, 0.1) is 6.04 Å². The minimum Gasteiger partial charge on any atom is -0.341 e. The summed E-state index contributed by atoms with van der Waals surface area (Å²) in [7, 11) is 2.04. The van der Waals surface area contributed by atoms with Gasteiger partial charge in [0.1, 0.15) is 0 Å². The van der Waals surface area contributed by atoms with Crippen molar-refractivity contribution in [1.29, 1.82) is 0 Å². The van der Waals surface area contributed by atoms with E-state index in [-0.39, 0.29) is 6.04 Å². The van der Waals surface area contributed by atoms with Gasteiger partial charge in [0.2, 0.25) is 5.91 Å². The minimum atomic E-state index is 0.0954. The lowest BCUT2D eigenvalue weighted by Gasteiger charge is -2.39. The third-order valence-electron chi connectivity index (χ3n) is 6.36. The predicted octanol–water partition coefficient (Wildman–Crippen LogP) is 3.33. The van der Waals surface area contributed by atoms with E-state index >= 15 is 0 Å². The maximum absolute atomic E-state index is 12.8. The van der Waals surface area contributed by atoms with Crippen LogP contribution in [0.2, 0.25) is 0 Å². The van der Waals surface area contributed by atoms with E-state index in [0.29, 0.717) is 23.4 Å². The molecule has 2 aliphatic carbocycles. The highest BCUT2D eigenvalue weighted by atomic mass is 16.2. The van der Waals surface area contributed by atoms with Crippen molar-refractivity contribution in [3.05, 3.63) is 0 Å². The van der Waals surface area contributed by atoms with Gasteiger partial charge >= 0.3 is 0 Å². The maximum atomic E-state index is 12.8. The van der Waals surface area contributed by atoms with Gasteiger partial charge in [-0.3, -0.25) is 4.79 Å². The van der Waals surface area contributed by atoms with Crippen LogP contribution in [-0.2, 0) is 4.79 Å². The highest BCUT2D eigenvalue weighted by Gasteiger charge is 2.40. The van der Waals surface area contributed by atoms with Crippen LogP contribution < -0.4 is 5.32 Å². The lowest BCUT2D eigenvalue weighted by atomic mass is 9.75. The summed E-state index contributed by atoms with van der Waals surface area (Å²) in [6, 6.07) is 1.18. The first-order valence-electron chi connectivity index (χ1n) is 8.99. The molecule has 0 aromatic heterocycles. The molecule has 3 unspecified atom stereocenters. The summed E-state index contributed by atoms with van der Waals surface area (Å²) in [4.78, 5) is 14.9. The molecule has 0 aromatic rings. The second kappa shape index (κ2) is 5.91. The van der Waals surface area contributed by atoms with Gasteiger partial charge in [-0.05, 0) is 56.3 Å².